The van der Waals surface area contributed by atoms with E-state index in [0.717, 1.165) is 19.5 Å². The Morgan fingerprint density at radius 2 is 2.13 bits per heavy atom. The van der Waals surface area contributed by atoms with Crippen LogP contribution in [-0.2, 0) is 6.42 Å². The molecule has 15 heavy (non-hydrogen) atoms. The van der Waals surface area contributed by atoms with Gasteiger partial charge in [0.1, 0.15) is 0 Å². The maximum atomic E-state index is 5.81. The van der Waals surface area contributed by atoms with Crippen molar-refractivity contribution in [2.75, 3.05) is 13.1 Å². The number of hydrogen-bond donors (Lipinski definition) is 1. The minimum atomic E-state index is 0.453. The Balaban J connectivity index is 1.91. The number of guanidine groups is 1. The Kier molecular flexibility index (Phi) is 2.90. The second-order valence-corrected chi connectivity index (χ2v) is 3.98. The first-order valence-corrected chi connectivity index (χ1v) is 5.38. The summed E-state index contributed by atoms with van der Waals surface area (Å²) in [6, 6.07) is 10.9. The predicted octanol–water partition coefficient (Wildman–Crippen LogP) is 1.25. The van der Waals surface area contributed by atoms with Gasteiger partial charge in [-0.25, -0.2) is 0 Å². The van der Waals surface area contributed by atoms with Gasteiger partial charge in [-0.2, -0.15) is 0 Å². The van der Waals surface area contributed by atoms with Gasteiger partial charge in [-0.1, -0.05) is 30.3 Å². The summed E-state index contributed by atoms with van der Waals surface area (Å²) >= 11 is 0. The van der Waals surface area contributed by atoms with Crippen LogP contribution >= 0.6 is 0 Å². The van der Waals surface area contributed by atoms with Crippen molar-refractivity contribution in [3.05, 3.63) is 35.9 Å². The molecule has 0 aliphatic carbocycles. The fourth-order valence-electron chi connectivity index (χ4n) is 1.87. The summed E-state index contributed by atoms with van der Waals surface area (Å²) in [6.07, 6.45) is 1.03. The molecule has 0 saturated heterocycles. The zero-order valence-electron chi connectivity index (χ0n) is 9.06. The highest BCUT2D eigenvalue weighted by molar-refractivity contribution is 5.80. The molecule has 3 heteroatoms. The molecule has 0 amide bonds. The first kappa shape index (κ1) is 10.0. The molecule has 0 spiro atoms. The van der Waals surface area contributed by atoms with Crippen LogP contribution < -0.4 is 5.73 Å². The Hall–Kier alpha value is -1.51. The van der Waals surface area contributed by atoms with Gasteiger partial charge in [-0.3, -0.25) is 4.99 Å². The van der Waals surface area contributed by atoms with Crippen LogP contribution in [0.5, 0.6) is 0 Å². The summed E-state index contributed by atoms with van der Waals surface area (Å²) in [4.78, 5) is 6.40. The SMILES string of the molecule is C[C@H]1CN=C(N)N1CCc1ccccc1. The van der Waals surface area contributed by atoms with Crippen LogP contribution in [0.3, 0.4) is 0 Å². The third-order valence-corrected chi connectivity index (χ3v) is 2.83. The van der Waals surface area contributed by atoms with Crippen molar-refractivity contribution >= 4 is 5.96 Å². The van der Waals surface area contributed by atoms with Crippen molar-refractivity contribution < 1.29 is 0 Å². The lowest BCUT2D eigenvalue weighted by molar-refractivity contribution is 0.364. The summed E-state index contributed by atoms with van der Waals surface area (Å²) in [5, 5.41) is 0. The van der Waals surface area contributed by atoms with E-state index in [1.807, 2.05) is 6.07 Å². The molecular formula is C12H17N3. The molecule has 0 aromatic heterocycles. The molecule has 80 valence electrons. The molecule has 1 heterocycles. The molecule has 1 aromatic rings. The highest BCUT2D eigenvalue weighted by atomic mass is 15.3. The van der Waals surface area contributed by atoms with Gasteiger partial charge in [0.2, 0.25) is 0 Å². The van der Waals surface area contributed by atoms with Crippen molar-refractivity contribution in [3.63, 3.8) is 0 Å². The highest BCUT2D eigenvalue weighted by Crippen LogP contribution is 2.09. The normalized spacial score (nSPS) is 20.5. The standard InChI is InChI=1S/C12H17N3/c1-10-9-14-12(13)15(10)8-7-11-5-3-2-4-6-11/h2-6,10H,7-9H2,1H3,(H2,13,14)/t10-/m0/s1. The minimum absolute atomic E-state index is 0.453. The van der Waals surface area contributed by atoms with Crippen molar-refractivity contribution in [1.82, 2.24) is 4.90 Å². The van der Waals surface area contributed by atoms with Crippen LogP contribution in [0.1, 0.15) is 12.5 Å². The van der Waals surface area contributed by atoms with E-state index >= 15 is 0 Å². The molecule has 0 radical (unpaired) electrons. The third kappa shape index (κ3) is 2.29. The van der Waals surface area contributed by atoms with Crippen LogP contribution in [0.4, 0.5) is 0 Å². The van der Waals surface area contributed by atoms with Crippen LogP contribution in [0, 0.1) is 0 Å². The van der Waals surface area contributed by atoms with Gasteiger partial charge in [-0.05, 0) is 18.9 Å². The maximum Gasteiger partial charge on any atom is 0.191 e. The monoisotopic (exact) mass is 203 g/mol. The number of rotatable bonds is 3. The smallest absolute Gasteiger partial charge is 0.191 e. The van der Waals surface area contributed by atoms with Crippen molar-refractivity contribution in [3.8, 4) is 0 Å². The third-order valence-electron chi connectivity index (χ3n) is 2.83. The Bertz CT molecular complexity index is 345. The zero-order chi connectivity index (χ0) is 10.7. The zero-order valence-corrected chi connectivity index (χ0v) is 9.06. The number of benzene rings is 1. The first-order valence-electron chi connectivity index (χ1n) is 5.38. The van der Waals surface area contributed by atoms with Gasteiger partial charge in [-0.15, -0.1) is 0 Å². The minimum Gasteiger partial charge on any atom is -0.370 e. The lowest BCUT2D eigenvalue weighted by Crippen LogP contribution is -2.40. The summed E-state index contributed by atoms with van der Waals surface area (Å²) in [7, 11) is 0. The topological polar surface area (TPSA) is 41.6 Å². The Morgan fingerprint density at radius 3 is 2.73 bits per heavy atom. The van der Waals surface area contributed by atoms with Gasteiger partial charge in [0.15, 0.2) is 5.96 Å². The van der Waals surface area contributed by atoms with Crippen LogP contribution in [0.15, 0.2) is 35.3 Å². The lowest BCUT2D eigenvalue weighted by atomic mass is 10.1. The maximum absolute atomic E-state index is 5.81. The van der Waals surface area contributed by atoms with E-state index in [2.05, 4.69) is 41.1 Å². The quantitative estimate of drug-likeness (QED) is 0.803. The van der Waals surface area contributed by atoms with Crippen molar-refractivity contribution in [1.29, 1.82) is 0 Å². The molecule has 2 N–H and O–H groups in total. The average Bonchev–Trinajstić information content (AvgIpc) is 2.58. The first-order chi connectivity index (χ1) is 7.27. The summed E-state index contributed by atoms with van der Waals surface area (Å²) in [5.41, 5.74) is 7.16. The summed E-state index contributed by atoms with van der Waals surface area (Å²) < 4.78 is 0. The molecular weight excluding hydrogens is 186 g/mol. The van der Waals surface area contributed by atoms with Gasteiger partial charge < -0.3 is 10.6 Å². The molecule has 0 unspecified atom stereocenters. The fourth-order valence-corrected chi connectivity index (χ4v) is 1.87. The van der Waals surface area contributed by atoms with Crippen LogP contribution in [0.25, 0.3) is 0 Å². The Labute approximate surface area is 90.6 Å². The van der Waals surface area contributed by atoms with E-state index in [9.17, 15) is 0 Å². The number of nitrogens with two attached hydrogens (primary N) is 1. The van der Waals surface area contributed by atoms with Crippen molar-refractivity contribution in [2.45, 2.75) is 19.4 Å². The molecule has 3 nitrogen and oxygen atoms in total. The summed E-state index contributed by atoms with van der Waals surface area (Å²) in [5.74, 6) is 0.693. The van der Waals surface area contributed by atoms with E-state index in [1.165, 1.54) is 5.56 Å². The van der Waals surface area contributed by atoms with Crippen LogP contribution in [-0.4, -0.2) is 30.0 Å². The molecule has 0 saturated carbocycles. The van der Waals surface area contributed by atoms with Gasteiger partial charge in [0, 0.05) is 12.6 Å². The molecule has 0 bridgehead atoms. The molecule has 1 aliphatic heterocycles. The Morgan fingerprint density at radius 1 is 1.40 bits per heavy atom. The van der Waals surface area contributed by atoms with Gasteiger partial charge in [0.25, 0.3) is 0 Å². The number of aliphatic imine (C=N–C) groups is 1. The predicted molar refractivity (Wildman–Crippen MR) is 62.8 cm³/mol. The van der Waals surface area contributed by atoms with Gasteiger partial charge in [0.05, 0.1) is 6.54 Å². The molecule has 1 atom stereocenters. The highest BCUT2D eigenvalue weighted by Gasteiger charge is 2.20. The second-order valence-electron chi connectivity index (χ2n) is 3.98. The van der Waals surface area contributed by atoms with Gasteiger partial charge >= 0.3 is 0 Å². The molecule has 1 aromatic carbocycles. The number of hydrogen-bond acceptors (Lipinski definition) is 3. The lowest BCUT2D eigenvalue weighted by Gasteiger charge is -2.23. The van der Waals surface area contributed by atoms with E-state index < -0.39 is 0 Å². The second kappa shape index (κ2) is 4.34. The summed E-state index contributed by atoms with van der Waals surface area (Å²) in [6.45, 7) is 3.95. The number of nitrogens with zero attached hydrogens (tertiary/aromatic N) is 2. The molecule has 1 aliphatic rings. The fraction of sp³-hybridized carbons (Fsp3) is 0.417. The van der Waals surface area contributed by atoms with E-state index in [4.69, 9.17) is 5.73 Å². The average molecular weight is 203 g/mol. The van der Waals surface area contributed by atoms with E-state index in [0.29, 0.717) is 12.0 Å². The van der Waals surface area contributed by atoms with Crippen molar-refractivity contribution in [2.24, 2.45) is 10.7 Å². The largest absolute Gasteiger partial charge is 0.370 e. The molecule has 0 fully saturated rings. The van der Waals surface area contributed by atoms with E-state index in [-0.39, 0.29) is 0 Å². The van der Waals surface area contributed by atoms with E-state index in [1.54, 1.807) is 0 Å². The molecule has 2 rings (SSSR count). The van der Waals surface area contributed by atoms with Crippen LogP contribution in [0.2, 0.25) is 0 Å².